The van der Waals surface area contributed by atoms with Crippen molar-refractivity contribution in [2.45, 2.75) is 32.6 Å². The van der Waals surface area contributed by atoms with Crippen LogP contribution in [0.4, 0.5) is 18.9 Å². The first-order chi connectivity index (χ1) is 14.0. The van der Waals surface area contributed by atoms with Crippen molar-refractivity contribution < 1.29 is 23.1 Å². The Morgan fingerprint density at radius 1 is 1.27 bits per heavy atom. The van der Waals surface area contributed by atoms with Gasteiger partial charge in [0.25, 0.3) is 0 Å². The normalized spacial score (nSPS) is 16.2. The van der Waals surface area contributed by atoms with Gasteiger partial charge in [-0.1, -0.05) is 29.8 Å². The molecular weight excluding hydrogens is 417 g/mol. The minimum Gasteiger partial charge on any atom is -0.481 e. The molecule has 0 aliphatic carbocycles. The van der Waals surface area contributed by atoms with Crippen LogP contribution in [-0.4, -0.2) is 36.1 Å². The molecule has 30 heavy (non-hydrogen) atoms. The summed E-state index contributed by atoms with van der Waals surface area (Å²) in [5, 5.41) is 8.71. The van der Waals surface area contributed by atoms with E-state index >= 15 is 0 Å². The largest absolute Gasteiger partial charge is 0.481 e. The molecule has 3 rings (SSSR count). The van der Waals surface area contributed by atoms with Crippen LogP contribution in [0.1, 0.15) is 35.2 Å². The molecule has 0 amide bonds. The number of aryl methyl sites for hydroxylation is 1. The number of carboxylic acid groups (broad SMARTS) is 1. The van der Waals surface area contributed by atoms with Crippen molar-refractivity contribution in [3.05, 3.63) is 63.7 Å². The predicted octanol–water partition coefficient (Wildman–Crippen LogP) is 5.38. The van der Waals surface area contributed by atoms with Crippen LogP contribution in [0.25, 0.3) is 0 Å². The average Bonchev–Trinajstić information content (AvgIpc) is 2.63. The predicted molar refractivity (Wildman–Crippen MR) is 111 cm³/mol. The summed E-state index contributed by atoms with van der Waals surface area (Å²) in [4.78, 5) is 14.9. The van der Waals surface area contributed by atoms with E-state index in [9.17, 15) is 18.0 Å². The number of likely N-dealkylation sites (tertiary alicyclic amines) is 1. The number of carboxylic acids is 1. The maximum atomic E-state index is 13.2. The molecule has 1 N–H and O–H groups in total. The summed E-state index contributed by atoms with van der Waals surface area (Å²) in [7, 11) is 1.75. The van der Waals surface area contributed by atoms with E-state index in [1.807, 2.05) is 32.0 Å². The van der Waals surface area contributed by atoms with Gasteiger partial charge in [-0.05, 0) is 48.7 Å². The molecule has 4 nitrogen and oxygen atoms in total. The third kappa shape index (κ3) is 4.73. The molecule has 1 heterocycles. The zero-order chi connectivity index (χ0) is 22.2. The van der Waals surface area contributed by atoms with Crippen LogP contribution < -0.4 is 4.90 Å². The molecule has 1 fully saturated rings. The number of carbonyl (C=O) groups is 1. The zero-order valence-electron chi connectivity index (χ0n) is 17.0. The van der Waals surface area contributed by atoms with E-state index < -0.39 is 17.7 Å². The van der Waals surface area contributed by atoms with Crippen LogP contribution in [-0.2, 0) is 17.5 Å². The van der Waals surface area contributed by atoms with Crippen molar-refractivity contribution in [1.82, 2.24) is 4.90 Å². The van der Waals surface area contributed by atoms with Gasteiger partial charge in [0.05, 0.1) is 22.5 Å². The Labute approximate surface area is 178 Å². The number of aliphatic carboxylic acids is 1. The standard InChI is InChI=1S/C22H24ClF3N2O2/c1-13-4-5-15(8-16(13)10-28-11-17(12-28)21(29)30)14(2)27(3)18-6-7-20(23)19(9-18)22(24,25)26/h4-9,14,17H,10-12H2,1-3H3,(H,29,30). The first kappa shape index (κ1) is 22.4. The molecule has 1 aliphatic heterocycles. The van der Waals surface area contributed by atoms with Crippen LogP contribution in [0.2, 0.25) is 5.02 Å². The Kier molecular flexibility index (Phi) is 6.34. The minimum atomic E-state index is -4.51. The Morgan fingerprint density at radius 2 is 1.93 bits per heavy atom. The van der Waals surface area contributed by atoms with Gasteiger partial charge < -0.3 is 10.0 Å². The minimum absolute atomic E-state index is 0.172. The van der Waals surface area contributed by atoms with Crippen LogP contribution in [0.15, 0.2) is 36.4 Å². The molecule has 2 aromatic carbocycles. The number of alkyl halides is 3. The Bertz CT molecular complexity index is 942. The van der Waals surface area contributed by atoms with Gasteiger partial charge in [-0.25, -0.2) is 0 Å². The first-order valence-electron chi connectivity index (χ1n) is 9.61. The fraction of sp³-hybridized carbons (Fsp3) is 0.409. The SMILES string of the molecule is Cc1ccc(C(C)N(C)c2ccc(Cl)c(C(F)(F)F)c2)cc1CN1CC(C(=O)O)C1. The lowest BCUT2D eigenvalue weighted by molar-refractivity contribution is -0.147. The van der Waals surface area contributed by atoms with Gasteiger partial charge in [0, 0.05) is 32.4 Å². The van der Waals surface area contributed by atoms with Crippen molar-refractivity contribution in [3.8, 4) is 0 Å². The summed E-state index contributed by atoms with van der Waals surface area (Å²) in [6, 6.07) is 9.76. The maximum absolute atomic E-state index is 13.2. The molecule has 1 atom stereocenters. The molecule has 0 radical (unpaired) electrons. The number of halogens is 4. The van der Waals surface area contributed by atoms with E-state index in [2.05, 4.69) is 4.90 Å². The third-order valence-corrected chi connectivity index (χ3v) is 6.13. The summed E-state index contributed by atoms with van der Waals surface area (Å²) in [6.45, 7) is 5.63. The average molecular weight is 441 g/mol. The molecule has 1 saturated heterocycles. The molecule has 0 saturated carbocycles. The molecule has 1 aliphatic rings. The van der Waals surface area contributed by atoms with E-state index in [1.165, 1.54) is 6.07 Å². The molecule has 2 aromatic rings. The summed E-state index contributed by atoms with van der Waals surface area (Å²) >= 11 is 5.74. The number of benzene rings is 2. The second kappa shape index (κ2) is 8.47. The van der Waals surface area contributed by atoms with Crippen molar-refractivity contribution in [1.29, 1.82) is 0 Å². The first-order valence-corrected chi connectivity index (χ1v) is 9.99. The van der Waals surface area contributed by atoms with Crippen molar-refractivity contribution >= 4 is 23.3 Å². The number of rotatable bonds is 6. The second-order valence-corrected chi connectivity index (χ2v) is 8.27. The zero-order valence-corrected chi connectivity index (χ0v) is 17.8. The topological polar surface area (TPSA) is 43.8 Å². The molecule has 162 valence electrons. The van der Waals surface area contributed by atoms with E-state index in [0.29, 0.717) is 25.3 Å². The monoisotopic (exact) mass is 440 g/mol. The van der Waals surface area contributed by atoms with Crippen molar-refractivity contribution in [2.24, 2.45) is 5.92 Å². The second-order valence-electron chi connectivity index (χ2n) is 7.86. The summed E-state index contributed by atoms with van der Waals surface area (Å²) in [5.41, 5.74) is 2.73. The van der Waals surface area contributed by atoms with Gasteiger partial charge in [-0.2, -0.15) is 13.2 Å². The molecule has 0 bridgehead atoms. The highest BCUT2D eigenvalue weighted by atomic mass is 35.5. The van der Waals surface area contributed by atoms with Crippen molar-refractivity contribution in [2.75, 3.05) is 25.0 Å². The van der Waals surface area contributed by atoms with Gasteiger partial charge in [0.2, 0.25) is 0 Å². The van der Waals surface area contributed by atoms with Crippen molar-refractivity contribution in [3.63, 3.8) is 0 Å². The summed E-state index contributed by atoms with van der Waals surface area (Å²) < 4.78 is 39.6. The molecule has 0 aromatic heterocycles. The van der Waals surface area contributed by atoms with Gasteiger partial charge in [0.1, 0.15) is 0 Å². The molecule has 0 spiro atoms. The quantitative estimate of drug-likeness (QED) is 0.654. The van der Waals surface area contributed by atoms with Crippen LogP contribution in [0, 0.1) is 12.8 Å². The van der Waals surface area contributed by atoms with E-state index in [0.717, 1.165) is 22.8 Å². The number of hydrogen-bond donors (Lipinski definition) is 1. The lowest BCUT2D eigenvalue weighted by atomic mass is 9.96. The Hall–Kier alpha value is -2.25. The third-order valence-electron chi connectivity index (χ3n) is 5.80. The Balaban J connectivity index is 1.78. The Morgan fingerprint density at radius 3 is 2.53 bits per heavy atom. The van der Waals surface area contributed by atoms with E-state index in [4.69, 9.17) is 16.7 Å². The number of nitrogens with zero attached hydrogens (tertiary/aromatic N) is 2. The molecule has 8 heteroatoms. The highest BCUT2D eigenvalue weighted by Crippen LogP contribution is 2.38. The lowest BCUT2D eigenvalue weighted by Gasteiger charge is -2.37. The van der Waals surface area contributed by atoms with Gasteiger partial charge in [0.15, 0.2) is 0 Å². The fourth-order valence-electron chi connectivity index (χ4n) is 3.61. The van der Waals surface area contributed by atoms with E-state index in [1.54, 1.807) is 18.0 Å². The maximum Gasteiger partial charge on any atom is 0.417 e. The van der Waals surface area contributed by atoms with Crippen LogP contribution >= 0.6 is 11.6 Å². The van der Waals surface area contributed by atoms with Gasteiger partial charge >= 0.3 is 12.1 Å². The van der Waals surface area contributed by atoms with E-state index in [-0.39, 0.29) is 17.0 Å². The summed E-state index contributed by atoms with van der Waals surface area (Å²) in [6.07, 6.45) is -4.51. The van der Waals surface area contributed by atoms with Crippen LogP contribution in [0.5, 0.6) is 0 Å². The molecule has 1 unspecified atom stereocenters. The highest BCUT2D eigenvalue weighted by Gasteiger charge is 2.34. The number of anilines is 1. The molecular formula is C22H24ClF3N2O2. The van der Waals surface area contributed by atoms with Gasteiger partial charge in [-0.15, -0.1) is 0 Å². The highest BCUT2D eigenvalue weighted by molar-refractivity contribution is 6.31. The van der Waals surface area contributed by atoms with Gasteiger partial charge in [-0.3, -0.25) is 9.69 Å². The fourth-order valence-corrected chi connectivity index (χ4v) is 3.84. The lowest BCUT2D eigenvalue weighted by Crippen LogP contribution is -2.49. The van der Waals surface area contributed by atoms with Crippen LogP contribution in [0.3, 0.4) is 0 Å². The summed E-state index contributed by atoms with van der Waals surface area (Å²) in [5.74, 6) is -1.08. The smallest absolute Gasteiger partial charge is 0.417 e. The number of hydrogen-bond acceptors (Lipinski definition) is 3.